The number of carbonyl (C=O) groups excluding carboxylic acids is 1. The Balaban J connectivity index is 1.49. The first kappa shape index (κ1) is 20.4. The Morgan fingerprint density at radius 2 is 1.93 bits per heavy atom. The maximum atomic E-state index is 12.8. The van der Waals surface area contributed by atoms with Crippen LogP contribution in [0.4, 0.5) is 0 Å². The van der Waals surface area contributed by atoms with E-state index in [2.05, 4.69) is 34.6 Å². The molecule has 6 heteroatoms. The van der Waals surface area contributed by atoms with Gasteiger partial charge in [-0.1, -0.05) is 30.3 Å². The van der Waals surface area contributed by atoms with E-state index in [-0.39, 0.29) is 11.8 Å². The zero-order valence-electron chi connectivity index (χ0n) is 17.4. The normalized spacial score (nSPS) is 15.8. The highest BCUT2D eigenvalue weighted by Crippen LogP contribution is 2.34. The molecule has 1 saturated heterocycles. The van der Waals surface area contributed by atoms with Crippen LogP contribution in [0.1, 0.15) is 23.5 Å². The number of quaternary nitrogens is 1. The molecular weight excluding hydrogens is 378 g/mol. The molecule has 0 spiro atoms. The lowest BCUT2D eigenvalue weighted by atomic mass is 9.88. The van der Waals surface area contributed by atoms with Gasteiger partial charge in [0.25, 0.3) is 0 Å². The number of rotatable bonds is 8. The molecule has 0 saturated carbocycles. The number of hydrogen-bond acceptors (Lipinski definition) is 3. The van der Waals surface area contributed by atoms with Crippen molar-refractivity contribution in [1.29, 1.82) is 0 Å². The van der Waals surface area contributed by atoms with Crippen LogP contribution in [0, 0.1) is 0 Å². The minimum Gasteiger partial charge on any atom is -0.497 e. The fourth-order valence-electron chi connectivity index (χ4n) is 4.17. The van der Waals surface area contributed by atoms with Crippen molar-refractivity contribution in [1.82, 2.24) is 10.3 Å². The largest absolute Gasteiger partial charge is 0.497 e. The molecule has 0 bridgehead atoms. The zero-order valence-corrected chi connectivity index (χ0v) is 17.4. The zero-order chi connectivity index (χ0) is 20.8. The van der Waals surface area contributed by atoms with Crippen LogP contribution in [-0.4, -0.2) is 57.4 Å². The second kappa shape index (κ2) is 9.78. The van der Waals surface area contributed by atoms with Crippen LogP contribution in [0.2, 0.25) is 0 Å². The summed E-state index contributed by atoms with van der Waals surface area (Å²) in [6, 6.07) is 16.2. The van der Waals surface area contributed by atoms with Crippen molar-refractivity contribution in [3.63, 3.8) is 0 Å². The minimum atomic E-state index is -0.0252. The monoisotopic (exact) mass is 408 g/mol. The van der Waals surface area contributed by atoms with Gasteiger partial charge in [0.1, 0.15) is 18.8 Å². The second-order valence-corrected chi connectivity index (χ2v) is 7.78. The third-order valence-electron chi connectivity index (χ3n) is 5.90. The average molecular weight is 409 g/mol. The molecule has 158 valence electrons. The van der Waals surface area contributed by atoms with Crippen LogP contribution in [0.25, 0.3) is 10.9 Å². The van der Waals surface area contributed by atoms with Gasteiger partial charge in [0.15, 0.2) is 0 Å². The number of fused-ring (bicyclic) bond motifs is 1. The number of amides is 1. The minimum absolute atomic E-state index is 0.0252. The van der Waals surface area contributed by atoms with Crippen molar-refractivity contribution < 1.29 is 19.2 Å². The molecule has 1 aliphatic rings. The van der Waals surface area contributed by atoms with Gasteiger partial charge >= 0.3 is 0 Å². The van der Waals surface area contributed by atoms with Gasteiger partial charge < -0.3 is 24.7 Å². The quantitative estimate of drug-likeness (QED) is 0.532. The predicted octanol–water partition coefficient (Wildman–Crippen LogP) is 1.73. The Hall–Kier alpha value is -2.83. The number of ether oxygens (including phenoxy) is 2. The fraction of sp³-hybridized carbons (Fsp3) is 0.375. The molecule has 2 aromatic carbocycles. The van der Waals surface area contributed by atoms with Gasteiger partial charge in [-0.2, -0.15) is 0 Å². The van der Waals surface area contributed by atoms with E-state index in [0.29, 0.717) is 13.0 Å². The summed E-state index contributed by atoms with van der Waals surface area (Å²) in [6.45, 7) is 5.28. The molecule has 2 heterocycles. The highest BCUT2D eigenvalue weighted by atomic mass is 16.5. The summed E-state index contributed by atoms with van der Waals surface area (Å²) in [6.07, 6.45) is 2.44. The number of morpholine rings is 1. The molecule has 3 aromatic rings. The summed E-state index contributed by atoms with van der Waals surface area (Å²) < 4.78 is 10.7. The van der Waals surface area contributed by atoms with E-state index in [1.54, 1.807) is 7.11 Å². The Morgan fingerprint density at radius 3 is 2.70 bits per heavy atom. The van der Waals surface area contributed by atoms with E-state index in [4.69, 9.17) is 9.47 Å². The summed E-state index contributed by atoms with van der Waals surface area (Å²) in [5.41, 5.74) is 3.33. The van der Waals surface area contributed by atoms with Crippen molar-refractivity contribution in [3.05, 3.63) is 65.9 Å². The Bertz CT molecular complexity index is 961. The number of H-pyrrole nitrogens is 1. The van der Waals surface area contributed by atoms with Crippen molar-refractivity contribution in [2.24, 2.45) is 0 Å². The Labute approximate surface area is 177 Å². The Kier molecular flexibility index (Phi) is 6.67. The molecule has 1 aromatic heterocycles. The molecule has 30 heavy (non-hydrogen) atoms. The molecular formula is C24H30N3O3+. The Morgan fingerprint density at radius 1 is 1.17 bits per heavy atom. The van der Waals surface area contributed by atoms with Gasteiger partial charge in [-0.25, -0.2) is 0 Å². The number of benzene rings is 2. The SMILES string of the molecule is COc1ccc([C@H](CC(=O)NCC[NH+]2CCOCC2)c2c[nH]c3ccccc23)cc1. The molecule has 0 unspecified atom stereocenters. The van der Waals surface area contributed by atoms with E-state index in [1.807, 2.05) is 30.5 Å². The lowest BCUT2D eigenvalue weighted by molar-refractivity contribution is -0.906. The highest BCUT2D eigenvalue weighted by Gasteiger charge is 2.22. The van der Waals surface area contributed by atoms with Crippen molar-refractivity contribution in [2.45, 2.75) is 12.3 Å². The lowest BCUT2D eigenvalue weighted by Crippen LogP contribution is -3.14. The standard InChI is InChI=1S/C24H29N3O3/c1-29-19-8-6-18(7-9-19)21(22-17-26-23-5-3-2-4-20(22)23)16-24(28)25-10-11-27-12-14-30-15-13-27/h2-9,17,21,26H,10-16H2,1H3,(H,25,28)/p+1/t21-/m0/s1. The van der Waals surface area contributed by atoms with E-state index < -0.39 is 0 Å². The van der Waals surface area contributed by atoms with E-state index >= 15 is 0 Å². The predicted molar refractivity (Wildman–Crippen MR) is 117 cm³/mol. The van der Waals surface area contributed by atoms with Gasteiger partial charge in [-0.05, 0) is 29.3 Å². The average Bonchev–Trinajstić information content (AvgIpc) is 3.22. The van der Waals surface area contributed by atoms with Gasteiger partial charge in [0.2, 0.25) is 5.91 Å². The molecule has 0 radical (unpaired) electrons. The van der Waals surface area contributed by atoms with Crippen LogP contribution in [0.15, 0.2) is 54.7 Å². The number of aromatic amines is 1. The molecule has 3 N–H and O–H groups in total. The maximum Gasteiger partial charge on any atom is 0.221 e. The number of nitrogens with one attached hydrogen (secondary N) is 3. The third kappa shape index (κ3) is 4.83. The van der Waals surface area contributed by atoms with Gasteiger partial charge in [0.05, 0.1) is 33.4 Å². The summed E-state index contributed by atoms with van der Waals surface area (Å²) in [5.74, 6) is 0.867. The van der Waals surface area contributed by atoms with Crippen LogP contribution in [0.3, 0.4) is 0 Å². The lowest BCUT2D eigenvalue weighted by Gasteiger charge is -2.24. The van der Waals surface area contributed by atoms with Crippen LogP contribution >= 0.6 is 0 Å². The van der Waals surface area contributed by atoms with Crippen molar-refractivity contribution in [3.8, 4) is 5.75 Å². The number of para-hydroxylation sites is 1. The topological polar surface area (TPSA) is 67.8 Å². The van der Waals surface area contributed by atoms with E-state index in [9.17, 15) is 4.79 Å². The number of methoxy groups -OCH3 is 1. The highest BCUT2D eigenvalue weighted by molar-refractivity contribution is 5.86. The molecule has 1 fully saturated rings. The van der Waals surface area contributed by atoms with Crippen molar-refractivity contribution in [2.75, 3.05) is 46.5 Å². The van der Waals surface area contributed by atoms with Gasteiger partial charge in [0, 0.05) is 29.4 Å². The summed E-state index contributed by atoms with van der Waals surface area (Å²) in [4.78, 5) is 17.7. The maximum absolute atomic E-state index is 12.8. The first-order valence-corrected chi connectivity index (χ1v) is 10.6. The third-order valence-corrected chi connectivity index (χ3v) is 5.90. The molecule has 0 aliphatic carbocycles. The summed E-state index contributed by atoms with van der Waals surface area (Å²) in [7, 11) is 1.66. The number of hydrogen-bond donors (Lipinski definition) is 3. The summed E-state index contributed by atoms with van der Waals surface area (Å²) >= 11 is 0. The summed E-state index contributed by atoms with van der Waals surface area (Å²) in [5, 5.41) is 4.28. The molecule has 1 amide bonds. The fourth-order valence-corrected chi connectivity index (χ4v) is 4.17. The first-order chi connectivity index (χ1) is 14.7. The van der Waals surface area contributed by atoms with Crippen LogP contribution < -0.4 is 15.0 Å². The van der Waals surface area contributed by atoms with Gasteiger partial charge in [-0.3, -0.25) is 4.79 Å². The molecule has 4 rings (SSSR count). The molecule has 1 atom stereocenters. The second-order valence-electron chi connectivity index (χ2n) is 7.78. The van der Waals surface area contributed by atoms with Crippen LogP contribution in [-0.2, 0) is 9.53 Å². The molecule has 1 aliphatic heterocycles. The van der Waals surface area contributed by atoms with E-state index in [1.165, 1.54) is 4.90 Å². The smallest absolute Gasteiger partial charge is 0.221 e. The van der Waals surface area contributed by atoms with E-state index in [0.717, 1.165) is 60.6 Å². The molecule has 6 nitrogen and oxygen atoms in total. The van der Waals surface area contributed by atoms with Gasteiger partial charge in [-0.15, -0.1) is 0 Å². The number of aromatic nitrogens is 1. The van der Waals surface area contributed by atoms with Crippen molar-refractivity contribution >= 4 is 16.8 Å². The number of carbonyl (C=O) groups is 1. The first-order valence-electron chi connectivity index (χ1n) is 10.6. The van der Waals surface area contributed by atoms with Crippen LogP contribution in [0.5, 0.6) is 5.75 Å².